The molecule has 2 N–H and O–H groups in total. The van der Waals surface area contributed by atoms with Crippen LogP contribution in [0.4, 0.5) is 0 Å². The van der Waals surface area contributed by atoms with Crippen LogP contribution < -0.4 is 0 Å². The maximum Gasteiger partial charge on any atom is 0.331 e. The molecule has 0 aromatic carbocycles. The van der Waals surface area contributed by atoms with Crippen LogP contribution in [0.3, 0.4) is 0 Å². The fourth-order valence-corrected chi connectivity index (χ4v) is 9.60. The van der Waals surface area contributed by atoms with Gasteiger partial charge in [0, 0.05) is 24.8 Å². The van der Waals surface area contributed by atoms with Gasteiger partial charge in [0.15, 0.2) is 0 Å². The number of aliphatic carboxylic acids is 1. The number of ketones is 1. The number of hydrogen-bond acceptors (Lipinski definition) is 5. The molecule has 0 unspecified atom stereocenters. The molecule has 6 heteroatoms. The van der Waals surface area contributed by atoms with E-state index in [2.05, 4.69) is 27.7 Å². The second-order valence-electron chi connectivity index (χ2n) is 13.4. The number of aliphatic hydroxyl groups is 1. The number of aliphatic hydroxyl groups excluding tert-OH is 1. The summed E-state index contributed by atoms with van der Waals surface area (Å²) in [6.45, 7) is 14.3. The Morgan fingerprint density at radius 2 is 1.78 bits per heavy atom. The Labute approximate surface area is 221 Å². The highest BCUT2D eigenvalue weighted by Gasteiger charge is 2.70. The zero-order valence-corrected chi connectivity index (χ0v) is 23.7. The zero-order valence-electron chi connectivity index (χ0n) is 23.7. The van der Waals surface area contributed by atoms with E-state index in [1.165, 1.54) is 6.92 Å². The number of ether oxygens (including phenoxy) is 1. The van der Waals surface area contributed by atoms with Crippen molar-refractivity contribution in [2.24, 2.45) is 39.9 Å². The van der Waals surface area contributed by atoms with Gasteiger partial charge >= 0.3 is 11.9 Å². The number of carbonyl (C=O) groups is 3. The van der Waals surface area contributed by atoms with Gasteiger partial charge in [-0.05, 0) is 98.4 Å². The number of carboxylic acid groups (broad SMARTS) is 1. The number of fused-ring (bicyclic) bond motifs is 5. The highest BCUT2D eigenvalue weighted by molar-refractivity contribution is 5.88. The van der Waals surface area contributed by atoms with Crippen molar-refractivity contribution < 1.29 is 29.3 Å². The van der Waals surface area contributed by atoms with Crippen LogP contribution in [0.25, 0.3) is 0 Å². The van der Waals surface area contributed by atoms with Crippen molar-refractivity contribution in [3.63, 3.8) is 0 Å². The zero-order chi connectivity index (χ0) is 27.5. The van der Waals surface area contributed by atoms with E-state index in [1.807, 2.05) is 19.9 Å². The third-order valence-electron chi connectivity index (χ3n) is 11.4. The Balaban J connectivity index is 1.83. The molecule has 0 aliphatic heterocycles. The molecule has 4 aliphatic carbocycles. The number of hydrogen-bond donors (Lipinski definition) is 2. The smallest absolute Gasteiger partial charge is 0.331 e. The third-order valence-corrected chi connectivity index (χ3v) is 11.4. The highest BCUT2D eigenvalue weighted by atomic mass is 16.5. The van der Waals surface area contributed by atoms with Crippen LogP contribution >= 0.6 is 0 Å². The summed E-state index contributed by atoms with van der Waals surface area (Å²) in [6, 6.07) is 0. The fourth-order valence-electron chi connectivity index (χ4n) is 9.60. The maximum absolute atomic E-state index is 12.6. The van der Waals surface area contributed by atoms with Gasteiger partial charge < -0.3 is 14.9 Å². The van der Waals surface area contributed by atoms with Gasteiger partial charge in [0.25, 0.3) is 0 Å². The molecule has 4 saturated carbocycles. The van der Waals surface area contributed by atoms with Gasteiger partial charge in [0.05, 0.1) is 6.10 Å². The van der Waals surface area contributed by atoms with Crippen molar-refractivity contribution in [2.45, 2.75) is 112 Å². The molecule has 0 aromatic rings. The van der Waals surface area contributed by atoms with E-state index >= 15 is 0 Å². The summed E-state index contributed by atoms with van der Waals surface area (Å²) in [5.41, 5.74) is 1.42. The van der Waals surface area contributed by atoms with E-state index in [-0.39, 0.29) is 39.9 Å². The SMILES string of the molecule is CC(=O)O[C@H]1C[C@@]2(C)[C@H](C[C@H](O)[C@H]3[C@@]4(C)CCC(=O)[C@H](C)[C@H]4CC[C@]32C)/C1=C(\CCC=C(C)C)C(=O)O. The second kappa shape index (κ2) is 9.66. The molecule has 4 aliphatic rings. The van der Waals surface area contributed by atoms with E-state index in [1.54, 1.807) is 0 Å². The first kappa shape index (κ1) is 28.1. The van der Waals surface area contributed by atoms with Crippen molar-refractivity contribution in [1.82, 2.24) is 0 Å². The van der Waals surface area contributed by atoms with Gasteiger partial charge in [-0.3, -0.25) is 9.59 Å². The first-order valence-corrected chi connectivity index (χ1v) is 14.1. The summed E-state index contributed by atoms with van der Waals surface area (Å²) in [6.07, 6.45) is 6.01. The van der Waals surface area contributed by atoms with Crippen LogP contribution in [-0.4, -0.2) is 40.1 Å². The molecule has 0 saturated heterocycles. The van der Waals surface area contributed by atoms with Gasteiger partial charge in [-0.25, -0.2) is 4.79 Å². The number of esters is 1. The number of allylic oxidation sites excluding steroid dienone is 2. The second-order valence-corrected chi connectivity index (χ2v) is 13.4. The molecular weight excluding hydrogens is 468 g/mol. The van der Waals surface area contributed by atoms with Crippen LogP contribution in [0.2, 0.25) is 0 Å². The summed E-state index contributed by atoms with van der Waals surface area (Å²) < 4.78 is 5.86. The minimum Gasteiger partial charge on any atom is -0.478 e. The first-order chi connectivity index (χ1) is 17.2. The minimum absolute atomic E-state index is 0.00236. The molecule has 4 fully saturated rings. The monoisotopic (exact) mass is 514 g/mol. The fraction of sp³-hybridized carbons (Fsp3) is 0.774. The number of Topliss-reactive ketones (excluding diaryl/α,β-unsaturated/α-hetero) is 1. The van der Waals surface area contributed by atoms with E-state index in [4.69, 9.17) is 4.74 Å². The number of carbonyl (C=O) groups excluding carboxylic acids is 2. The third kappa shape index (κ3) is 4.31. The van der Waals surface area contributed by atoms with Gasteiger partial charge in [-0.2, -0.15) is 0 Å². The number of carboxylic acids is 1. The molecule has 0 bridgehead atoms. The summed E-state index contributed by atoms with van der Waals surface area (Å²) >= 11 is 0. The van der Waals surface area contributed by atoms with E-state index in [0.29, 0.717) is 49.0 Å². The quantitative estimate of drug-likeness (QED) is 0.270. The van der Waals surface area contributed by atoms with Gasteiger partial charge in [-0.15, -0.1) is 0 Å². The number of rotatable bonds is 5. The van der Waals surface area contributed by atoms with Gasteiger partial charge in [0.1, 0.15) is 11.9 Å². The van der Waals surface area contributed by atoms with Crippen molar-refractivity contribution in [2.75, 3.05) is 0 Å². The Morgan fingerprint density at radius 1 is 1.11 bits per heavy atom. The van der Waals surface area contributed by atoms with Crippen LogP contribution in [0.15, 0.2) is 22.8 Å². The average Bonchev–Trinajstić information content (AvgIpc) is 3.05. The van der Waals surface area contributed by atoms with E-state index < -0.39 is 24.1 Å². The van der Waals surface area contributed by atoms with Crippen molar-refractivity contribution in [1.29, 1.82) is 0 Å². The summed E-state index contributed by atoms with van der Waals surface area (Å²) in [4.78, 5) is 37.4. The molecule has 0 heterocycles. The van der Waals surface area contributed by atoms with Gasteiger partial charge in [0.2, 0.25) is 0 Å². The van der Waals surface area contributed by atoms with Crippen LogP contribution in [0.5, 0.6) is 0 Å². The van der Waals surface area contributed by atoms with Gasteiger partial charge in [-0.1, -0.05) is 39.3 Å². The lowest BCUT2D eigenvalue weighted by atomic mass is 9.36. The molecule has 0 amide bonds. The standard InChI is InChI=1S/C31H46O6/c1-17(2)9-8-10-20(28(35)36)26-22-15-24(34)27-29(5)13-12-23(33)18(3)21(29)11-14-30(27,6)31(22,7)16-25(26)37-19(4)32/h9,18,21-22,24-25,27,34H,8,10-16H2,1-7H3,(H,35,36)/b26-20-/t18-,21-,22-,24+,25+,27+,29+,30-,31+/m1/s1. The summed E-state index contributed by atoms with van der Waals surface area (Å²) in [5, 5.41) is 22.2. The minimum atomic E-state index is -0.962. The molecule has 206 valence electrons. The van der Waals surface area contributed by atoms with Crippen LogP contribution in [0.1, 0.15) is 99.8 Å². The Kier molecular flexibility index (Phi) is 7.33. The maximum atomic E-state index is 12.6. The molecule has 0 spiro atoms. The topological polar surface area (TPSA) is 101 Å². The predicted molar refractivity (Wildman–Crippen MR) is 142 cm³/mol. The molecule has 4 rings (SSSR count). The Bertz CT molecular complexity index is 1040. The van der Waals surface area contributed by atoms with Crippen molar-refractivity contribution >= 4 is 17.7 Å². The molecule has 0 radical (unpaired) electrons. The Morgan fingerprint density at radius 3 is 2.38 bits per heavy atom. The first-order valence-electron chi connectivity index (χ1n) is 14.1. The lowest BCUT2D eigenvalue weighted by molar-refractivity contribution is -0.223. The molecule has 9 atom stereocenters. The molecular formula is C31H46O6. The summed E-state index contributed by atoms with van der Waals surface area (Å²) in [7, 11) is 0. The molecule has 0 aromatic heterocycles. The molecule has 37 heavy (non-hydrogen) atoms. The summed E-state index contributed by atoms with van der Waals surface area (Å²) in [5.74, 6) is -0.945. The Hall–Kier alpha value is -1.95. The lowest BCUT2D eigenvalue weighted by Gasteiger charge is -2.68. The van der Waals surface area contributed by atoms with Crippen LogP contribution in [0, 0.1) is 39.9 Å². The average molecular weight is 515 g/mol. The highest BCUT2D eigenvalue weighted by Crippen LogP contribution is 2.74. The van der Waals surface area contributed by atoms with Crippen molar-refractivity contribution in [3.05, 3.63) is 22.8 Å². The molecule has 6 nitrogen and oxygen atoms in total. The van der Waals surface area contributed by atoms with Crippen molar-refractivity contribution in [3.8, 4) is 0 Å². The largest absolute Gasteiger partial charge is 0.478 e. The van der Waals surface area contributed by atoms with E-state index in [9.17, 15) is 24.6 Å². The lowest BCUT2D eigenvalue weighted by Crippen LogP contribution is -2.65. The van der Waals surface area contributed by atoms with Crippen LogP contribution in [-0.2, 0) is 19.1 Å². The van der Waals surface area contributed by atoms with E-state index in [0.717, 1.165) is 24.8 Å². The predicted octanol–water partition coefficient (Wildman–Crippen LogP) is 5.87. The normalized spacial score (nSPS) is 44.3.